The minimum absolute atomic E-state index is 0.139. The molecule has 7 heteroatoms. The van der Waals surface area contributed by atoms with Crippen LogP contribution in [0.1, 0.15) is 5.56 Å². The first-order valence-corrected chi connectivity index (χ1v) is 6.84. The lowest BCUT2D eigenvalue weighted by atomic mass is 10.2. The number of nitro groups is 1. The molecule has 0 radical (unpaired) electrons. The molecule has 2 N–H and O–H groups in total. The molecule has 0 heterocycles. The molecule has 0 bridgehead atoms. The summed E-state index contributed by atoms with van der Waals surface area (Å²) in [4.78, 5) is 10.4. The fourth-order valence-corrected chi connectivity index (χ4v) is 2.43. The molecular formula is C14H13BrN2O4. The number of phenols is 1. The zero-order chi connectivity index (χ0) is 15.4. The van der Waals surface area contributed by atoms with Crippen LogP contribution in [0.3, 0.4) is 0 Å². The smallest absolute Gasteiger partial charge is 0.296 e. The third-order valence-corrected chi connectivity index (χ3v) is 3.50. The number of methoxy groups -OCH3 is 1. The number of nitro benzene ring substituents is 1. The molecule has 0 atom stereocenters. The summed E-state index contributed by atoms with van der Waals surface area (Å²) >= 11 is 3.39. The first-order chi connectivity index (χ1) is 10.0. The molecule has 0 saturated carbocycles. The van der Waals surface area contributed by atoms with Gasteiger partial charge in [-0.2, -0.15) is 0 Å². The van der Waals surface area contributed by atoms with E-state index in [1.165, 1.54) is 12.1 Å². The molecule has 0 aliphatic rings. The number of hydrogen-bond donors (Lipinski definition) is 2. The highest BCUT2D eigenvalue weighted by atomic mass is 79.9. The highest BCUT2D eigenvalue weighted by molar-refractivity contribution is 9.10. The van der Waals surface area contributed by atoms with Crippen molar-refractivity contribution < 1.29 is 14.8 Å². The van der Waals surface area contributed by atoms with Crippen LogP contribution in [-0.2, 0) is 6.54 Å². The predicted molar refractivity (Wildman–Crippen MR) is 82.8 cm³/mol. The zero-order valence-electron chi connectivity index (χ0n) is 11.2. The fraction of sp³-hybridized carbons (Fsp3) is 0.143. The Morgan fingerprint density at radius 1 is 1.33 bits per heavy atom. The summed E-state index contributed by atoms with van der Waals surface area (Å²) in [6.07, 6.45) is 0. The number of anilines is 1. The molecule has 2 aromatic rings. The van der Waals surface area contributed by atoms with E-state index < -0.39 is 4.92 Å². The van der Waals surface area contributed by atoms with Crippen molar-refractivity contribution in [2.45, 2.75) is 6.54 Å². The fourth-order valence-electron chi connectivity index (χ4n) is 1.84. The molecule has 2 rings (SSSR count). The molecular weight excluding hydrogens is 340 g/mol. The van der Waals surface area contributed by atoms with E-state index in [0.717, 1.165) is 21.9 Å². The van der Waals surface area contributed by atoms with Gasteiger partial charge in [0.1, 0.15) is 17.2 Å². The van der Waals surface area contributed by atoms with Crippen molar-refractivity contribution in [1.29, 1.82) is 0 Å². The number of nitrogens with one attached hydrogen (secondary N) is 1. The van der Waals surface area contributed by atoms with Gasteiger partial charge in [-0.05, 0) is 45.8 Å². The molecule has 0 spiro atoms. The molecule has 0 saturated heterocycles. The molecule has 0 amide bonds. The number of ether oxygens (including phenoxy) is 1. The second-order valence-electron chi connectivity index (χ2n) is 4.28. The van der Waals surface area contributed by atoms with E-state index in [2.05, 4.69) is 21.2 Å². The largest absolute Gasteiger partial charge is 0.508 e. The van der Waals surface area contributed by atoms with E-state index in [0.29, 0.717) is 12.2 Å². The van der Waals surface area contributed by atoms with Crippen LogP contribution in [0.2, 0.25) is 0 Å². The van der Waals surface area contributed by atoms with Gasteiger partial charge in [0.25, 0.3) is 5.69 Å². The van der Waals surface area contributed by atoms with Crippen molar-refractivity contribution in [1.82, 2.24) is 0 Å². The maximum atomic E-state index is 11.0. The van der Waals surface area contributed by atoms with Crippen LogP contribution in [0.5, 0.6) is 11.5 Å². The Balaban J connectivity index is 2.16. The van der Waals surface area contributed by atoms with Gasteiger partial charge in [-0.15, -0.1) is 0 Å². The van der Waals surface area contributed by atoms with Gasteiger partial charge in [0, 0.05) is 6.54 Å². The first-order valence-electron chi connectivity index (χ1n) is 6.05. The van der Waals surface area contributed by atoms with Crippen LogP contribution >= 0.6 is 15.9 Å². The lowest BCUT2D eigenvalue weighted by Gasteiger charge is -2.09. The Morgan fingerprint density at radius 2 is 2.10 bits per heavy atom. The average molecular weight is 353 g/mol. The molecule has 0 unspecified atom stereocenters. The number of rotatable bonds is 5. The Kier molecular flexibility index (Phi) is 4.64. The first kappa shape index (κ1) is 15.1. The minimum atomic E-state index is -0.536. The van der Waals surface area contributed by atoms with Gasteiger partial charge < -0.3 is 15.2 Å². The normalized spacial score (nSPS) is 10.2. The average Bonchev–Trinajstić information content (AvgIpc) is 2.46. The van der Waals surface area contributed by atoms with E-state index in [-0.39, 0.29) is 11.4 Å². The van der Waals surface area contributed by atoms with Crippen molar-refractivity contribution in [3.8, 4) is 11.5 Å². The van der Waals surface area contributed by atoms with Gasteiger partial charge in [-0.25, -0.2) is 0 Å². The number of aromatic hydroxyl groups is 1. The topological polar surface area (TPSA) is 84.6 Å². The number of nitrogens with zero attached hydrogens (tertiary/aromatic N) is 1. The van der Waals surface area contributed by atoms with Gasteiger partial charge in [0.05, 0.1) is 22.6 Å². The van der Waals surface area contributed by atoms with Crippen LogP contribution in [0, 0.1) is 10.1 Å². The minimum Gasteiger partial charge on any atom is -0.508 e. The Labute approximate surface area is 129 Å². The van der Waals surface area contributed by atoms with Gasteiger partial charge in [-0.3, -0.25) is 10.1 Å². The van der Waals surface area contributed by atoms with Crippen LogP contribution in [0.4, 0.5) is 11.4 Å². The predicted octanol–water partition coefficient (Wildman–Crippen LogP) is 3.68. The van der Waals surface area contributed by atoms with E-state index in [4.69, 9.17) is 4.74 Å². The summed E-state index contributed by atoms with van der Waals surface area (Å²) < 4.78 is 5.95. The molecule has 0 aromatic heterocycles. The van der Waals surface area contributed by atoms with Crippen LogP contribution in [-0.4, -0.2) is 17.1 Å². The van der Waals surface area contributed by atoms with Gasteiger partial charge in [0.15, 0.2) is 0 Å². The molecule has 0 fully saturated rings. The Morgan fingerprint density at radius 3 is 2.71 bits per heavy atom. The summed E-state index contributed by atoms with van der Waals surface area (Å²) in [7, 11) is 1.58. The molecule has 0 aliphatic heterocycles. The summed E-state index contributed by atoms with van der Waals surface area (Å²) in [5.74, 6) is 0.578. The van der Waals surface area contributed by atoms with E-state index in [9.17, 15) is 15.2 Å². The van der Waals surface area contributed by atoms with Gasteiger partial charge in [-0.1, -0.05) is 6.07 Å². The monoisotopic (exact) mass is 352 g/mol. The quantitative estimate of drug-likeness (QED) is 0.487. The van der Waals surface area contributed by atoms with Crippen molar-refractivity contribution in [3.63, 3.8) is 0 Å². The summed E-state index contributed by atoms with van der Waals surface area (Å²) in [6, 6.07) is 9.55. The maximum absolute atomic E-state index is 11.0. The van der Waals surface area contributed by atoms with Crippen LogP contribution in [0.25, 0.3) is 0 Å². The van der Waals surface area contributed by atoms with Crippen molar-refractivity contribution in [2.75, 3.05) is 12.4 Å². The van der Waals surface area contributed by atoms with Crippen molar-refractivity contribution in [3.05, 3.63) is 56.5 Å². The number of phenolic OH excluding ortho intramolecular Hbond substituents is 1. The Hall–Kier alpha value is -2.28. The molecule has 0 aliphatic carbocycles. The molecule has 6 nitrogen and oxygen atoms in total. The molecule has 110 valence electrons. The van der Waals surface area contributed by atoms with Gasteiger partial charge >= 0.3 is 0 Å². The third kappa shape index (κ3) is 3.63. The highest BCUT2D eigenvalue weighted by Crippen LogP contribution is 2.30. The number of hydrogen-bond acceptors (Lipinski definition) is 5. The highest BCUT2D eigenvalue weighted by Gasteiger charge is 2.14. The van der Waals surface area contributed by atoms with Crippen LogP contribution in [0.15, 0.2) is 40.9 Å². The lowest BCUT2D eigenvalue weighted by Crippen LogP contribution is -2.02. The summed E-state index contributed by atoms with van der Waals surface area (Å²) in [5.41, 5.74) is 1.12. The standard InChI is InChI=1S/C14H13BrN2O4/c1-21-14-5-2-9(6-11(14)15)8-16-12-4-3-10(18)7-13(12)17(19)20/h2-7,16,18H,8H2,1H3. The summed E-state index contributed by atoms with van der Waals surface area (Å²) in [5, 5.41) is 23.3. The van der Waals surface area contributed by atoms with Crippen molar-refractivity contribution >= 4 is 27.3 Å². The summed E-state index contributed by atoms with van der Waals surface area (Å²) in [6.45, 7) is 0.411. The van der Waals surface area contributed by atoms with E-state index in [1.54, 1.807) is 7.11 Å². The maximum Gasteiger partial charge on any atom is 0.296 e. The third-order valence-electron chi connectivity index (χ3n) is 2.88. The molecule has 2 aromatic carbocycles. The van der Waals surface area contributed by atoms with Crippen LogP contribution < -0.4 is 10.1 Å². The van der Waals surface area contributed by atoms with E-state index in [1.807, 2.05) is 18.2 Å². The van der Waals surface area contributed by atoms with Gasteiger partial charge in [0.2, 0.25) is 0 Å². The number of halogens is 1. The lowest BCUT2D eigenvalue weighted by molar-refractivity contribution is -0.384. The number of benzene rings is 2. The Bertz CT molecular complexity index is 676. The SMILES string of the molecule is COc1ccc(CNc2ccc(O)cc2[N+](=O)[O-])cc1Br. The molecule has 21 heavy (non-hydrogen) atoms. The van der Waals surface area contributed by atoms with Crippen molar-refractivity contribution in [2.24, 2.45) is 0 Å². The zero-order valence-corrected chi connectivity index (χ0v) is 12.8. The second kappa shape index (κ2) is 6.45. The second-order valence-corrected chi connectivity index (χ2v) is 5.14. The van der Waals surface area contributed by atoms with E-state index >= 15 is 0 Å².